The van der Waals surface area contributed by atoms with Crippen LogP contribution in [-0.4, -0.2) is 56.7 Å². The molecule has 0 radical (unpaired) electrons. The first-order valence-electron chi connectivity index (χ1n) is 7.15. The van der Waals surface area contributed by atoms with Gasteiger partial charge in [0.25, 0.3) is 10.2 Å². The van der Waals surface area contributed by atoms with Crippen LogP contribution in [0, 0.1) is 0 Å². The van der Waals surface area contributed by atoms with Crippen molar-refractivity contribution in [1.29, 1.82) is 0 Å². The molecule has 0 bridgehead atoms. The highest BCUT2D eigenvalue weighted by atomic mass is 32.2. The third-order valence-electron chi connectivity index (χ3n) is 3.08. The van der Waals surface area contributed by atoms with Gasteiger partial charge in [-0.05, 0) is 6.92 Å². The molecular formula is C13H14N6O7S. The number of aromatic nitrogens is 4. The number of carbonyl (C=O) groups is 2. The predicted octanol–water partition coefficient (Wildman–Crippen LogP) is -0.894. The molecular weight excluding hydrogens is 384 g/mol. The quantitative estimate of drug-likeness (QED) is 0.382. The Morgan fingerprint density at radius 2 is 1.96 bits per heavy atom. The number of aliphatic carboxylic acids is 2. The van der Waals surface area contributed by atoms with E-state index in [2.05, 4.69) is 26.7 Å². The summed E-state index contributed by atoms with van der Waals surface area (Å²) in [7, 11) is -4.47. The number of hydrogen-bond donors (Lipinski definition) is 4. The van der Waals surface area contributed by atoms with Gasteiger partial charge in [0, 0.05) is 12.4 Å². The van der Waals surface area contributed by atoms with Crippen molar-refractivity contribution in [2.75, 3.05) is 0 Å². The van der Waals surface area contributed by atoms with E-state index in [-0.39, 0.29) is 11.5 Å². The number of nitrogens with one attached hydrogen (secondary N) is 2. The highest BCUT2D eigenvalue weighted by molar-refractivity contribution is 7.87. The maximum absolute atomic E-state index is 12.1. The molecule has 144 valence electrons. The van der Waals surface area contributed by atoms with Gasteiger partial charge in [-0.15, -0.1) is 0 Å². The fourth-order valence-corrected chi connectivity index (χ4v) is 2.93. The van der Waals surface area contributed by atoms with E-state index in [1.807, 2.05) is 4.72 Å². The lowest BCUT2D eigenvalue weighted by Crippen LogP contribution is -2.46. The molecule has 2 atom stereocenters. The summed E-state index contributed by atoms with van der Waals surface area (Å²) in [5.74, 6) is -3.46. The van der Waals surface area contributed by atoms with Crippen molar-refractivity contribution >= 4 is 22.1 Å². The average Bonchev–Trinajstić information content (AvgIpc) is 3.09. The summed E-state index contributed by atoms with van der Waals surface area (Å²) in [5, 5.41) is 21.5. The van der Waals surface area contributed by atoms with Gasteiger partial charge in [0.1, 0.15) is 17.8 Å². The minimum absolute atomic E-state index is 0.0626. The molecule has 0 aliphatic heterocycles. The van der Waals surface area contributed by atoms with E-state index in [0.29, 0.717) is 0 Å². The molecule has 0 aliphatic carbocycles. The summed E-state index contributed by atoms with van der Waals surface area (Å²) in [4.78, 5) is 33.7. The summed E-state index contributed by atoms with van der Waals surface area (Å²) < 4.78 is 32.9. The Bertz CT molecular complexity index is 959. The smallest absolute Gasteiger partial charge is 0.333 e. The van der Waals surface area contributed by atoms with Crippen LogP contribution < -0.4 is 9.44 Å². The van der Waals surface area contributed by atoms with Crippen LogP contribution in [-0.2, 0) is 19.8 Å². The Morgan fingerprint density at radius 3 is 2.52 bits per heavy atom. The Labute approximate surface area is 152 Å². The van der Waals surface area contributed by atoms with E-state index in [1.165, 1.54) is 18.6 Å². The largest absolute Gasteiger partial charge is 0.480 e. The van der Waals surface area contributed by atoms with E-state index < -0.39 is 45.7 Å². The van der Waals surface area contributed by atoms with Crippen LogP contribution in [0.4, 0.5) is 0 Å². The molecule has 0 fully saturated rings. The van der Waals surface area contributed by atoms with Crippen LogP contribution in [0.1, 0.15) is 18.9 Å². The van der Waals surface area contributed by atoms with Crippen molar-refractivity contribution in [3.63, 3.8) is 0 Å². The SMILES string of the molecule is C=C(C(=O)O)[C@H](NS(=O)(=O)N[C@@H](C)C(=O)O)c1nc(-c2cnccn2)no1. The van der Waals surface area contributed by atoms with Gasteiger partial charge in [-0.1, -0.05) is 11.7 Å². The average molecular weight is 398 g/mol. The molecule has 2 aromatic heterocycles. The molecule has 14 heteroatoms. The van der Waals surface area contributed by atoms with E-state index >= 15 is 0 Å². The number of carboxylic acids is 2. The van der Waals surface area contributed by atoms with E-state index in [4.69, 9.17) is 14.7 Å². The van der Waals surface area contributed by atoms with Crippen LogP contribution in [0.2, 0.25) is 0 Å². The Kier molecular flexibility index (Phi) is 5.94. The van der Waals surface area contributed by atoms with Crippen molar-refractivity contribution in [2.45, 2.75) is 19.0 Å². The lowest BCUT2D eigenvalue weighted by molar-refractivity contribution is -0.138. The molecule has 27 heavy (non-hydrogen) atoms. The van der Waals surface area contributed by atoms with Crippen molar-refractivity contribution in [3.05, 3.63) is 36.6 Å². The zero-order valence-corrected chi connectivity index (χ0v) is 14.5. The summed E-state index contributed by atoms with van der Waals surface area (Å²) >= 11 is 0. The van der Waals surface area contributed by atoms with E-state index in [9.17, 15) is 18.0 Å². The molecule has 2 aromatic rings. The second-order valence-corrected chi connectivity index (χ2v) is 6.59. The Balaban J connectivity index is 2.33. The molecule has 4 N–H and O–H groups in total. The minimum Gasteiger partial charge on any atom is -0.480 e. The highest BCUT2D eigenvalue weighted by Gasteiger charge is 2.32. The predicted molar refractivity (Wildman–Crippen MR) is 87.1 cm³/mol. The van der Waals surface area contributed by atoms with Gasteiger partial charge in [-0.2, -0.15) is 22.8 Å². The van der Waals surface area contributed by atoms with Gasteiger partial charge in [0.2, 0.25) is 11.7 Å². The van der Waals surface area contributed by atoms with Crippen LogP contribution in [0.15, 0.2) is 35.3 Å². The molecule has 13 nitrogen and oxygen atoms in total. The van der Waals surface area contributed by atoms with Crippen LogP contribution in [0.3, 0.4) is 0 Å². The zero-order valence-electron chi connectivity index (χ0n) is 13.7. The lowest BCUT2D eigenvalue weighted by atomic mass is 10.1. The monoisotopic (exact) mass is 398 g/mol. The molecule has 2 heterocycles. The first-order chi connectivity index (χ1) is 12.6. The lowest BCUT2D eigenvalue weighted by Gasteiger charge is -2.17. The van der Waals surface area contributed by atoms with Crippen molar-refractivity contribution < 1.29 is 32.7 Å². The topological polar surface area (TPSA) is 197 Å². The first-order valence-corrected chi connectivity index (χ1v) is 8.63. The van der Waals surface area contributed by atoms with Gasteiger partial charge in [0.05, 0.1) is 11.8 Å². The third kappa shape index (κ3) is 5.13. The Hall–Kier alpha value is -3.23. The molecule has 0 aliphatic rings. The van der Waals surface area contributed by atoms with Crippen LogP contribution in [0.5, 0.6) is 0 Å². The summed E-state index contributed by atoms with van der Waals surface area (Å²) in [6.07, 6.45) is 4.08. The number of rotatable bonds is 9. The van der Waals surface area contributed by atoms with Gasteiger partial charge >= 0.3 is 11.9 Å². The molecule has 0 spiro atoms. The molecule has 2 rings (SSSR count). The molecule has 0 saturated carbocycles. The van der Waals surface area contributed by atoms with Crippen molar-refractivity contribution in [3.8, 4) is 11.5 Å². The zero-order chi connectivity index (χ0) is 20.2. The Morgan fingerprint density at radius 1 is 1.26 bits per heavy atom. The van der Waals surface area contributed by atoms with Gasteiger partial charge in [0.15, 0.2) is 0 Å². The van der Waals surface area contributed by atoms with Crippen LogP contribution >= 0.6 is 0 Å². The molecule has 0 amide bonds. The number of carboxylic acid groups (broad SMARTS) is 2. The summed E-state index contributed by atoms with van der Waals surface area (Å²) in [6, 6.07) is -3.13. The molecule has 0 unspecified atom stereocenters. The highest BCUT2D eigenvalue weighted by Crippen LogP contribution is 2.22. The molecule has 0 aromatic carbocycles. The van der Waals surface area contributed by atoms with Gasteiger partial charge < -0.3 is 14.7 Å². The minimum atomic E-state index is -4.47. The van der Waals surface area contributed by atoms with E-state index in [0.717, 1.165) is 6.92 Å². The second kappa shape index (κ2) is 7.98. The second-order valence-electron chi connectivity index (χ2n) is 5.11. The maximum Gasteiger partial charge on any atom is 0.333 e. The van der Waals surface area contributed by atoms with Gasteiger partial charge in [-0.3, -0.25) is 9.78 Å². The standard InChI is InChI=1S/C13H14N6O7S/c1-6(12(20)21)9(19-27(24,25)18-7(2)13(22)23)11-16-10(17-26-11)8-5-14-3-4-15-8/h3-5,7,9,18-19H,1H2,2H3,(H,20,21)(H,22,23)/t7-,9-/m0/s1. The fraction of sp³-hybridized carbons (Fsp3) is 0.231. The third-order valence-corrected chi connectivity index (χ3v) is 4.29. The van der Waals surface area contributed by atoms with Gasteiger partial charge in [-0.25, -0.2) is 9.78 Å². The molecule has 0 saturated heterocycles. The summed E-state index contributed by atoms with van der Waals surface area (Å²) in [6.45, 7) is 4.37. The first kappa shape index (κ1) is 20.1. The van der Waals surface area contributed by atoms with Crippen molar-refractivity contribution in [1.82, 2.24) is 29.6 Å². The summed E-state index contributed by atoms with van der Waals surface area (Å²) in [5.41, 5.74) is -0.426. The maximum atomic E-state index is 12.1. The normalized spacial score (nSPS) is 13.7. The number of nitrogens with zero attached hydrogens (tertiary/aromatic N) is 4. The van der Waals surface area contributed by atoms with E-state index in [1.54, 1.807) is 4.72 Å². The fourth-order valence-electron chi connectivity index (χ4n) is 1.74. The van der Waals surface area contributed by atoms with Crippen molar-refractivity contribution in [2.24, 2.45) is 0 Å². The van der Waals surface area contributed by atoms with Crippen LogP contribution in [0.25, 0.3) is 11.5 Å². The number of hydrogen-bond acceptors (Lipinski definition) is 9.